The number of hydrogen-bond donors (Lipinski definition) is 0. The van der Waals surface area contributed by atoms with Gasteiger partial charge in [-0.15, -0.1) is 0 Å². The molecule has 0 amide bonds. The molecular formula is C29H60. The second-order valence-electron chi connectivity index (χ2n) is 10.4. The van der Waals surface area contributed by atoms with E-state index in [2.05, 4.69) is 27.7 Å². The summed E-state index contributed by atoms with van der Waals surface area (Å²) in [7, 11) is 0. The minimum atomic E-state index is 0.963. The van der Waals surface area contributed by atoms with E-state index in [-0.39, 0.29) is 0 Å². The van der Waals surface area contributed by atoms with Crippen LogP contribution in [-0.2, 0) is 0 Å². The molecule has 0 aromatic carbocycles. The summed E-state index contributed by atoms with van der Waals surface area (Å²) >= 11 is 0. The van der Waals surface area contributed by atoms with Crippen LogP contribution in [0.3, 0.4) is 0 Å². The molecule has 0 fully saturated rings. The Morgan fingerprint density at radius 3 is 0.793 bits per heavy atom. The van der Waals surface area contributed by atoms with Crippen molar-refractivity contribution in [2.45, 2.75) is 175 Å². The third-order valence-corrected chi connectivity index (χ3v) is 6.99. The molecule has 0 rings (SSSR count). The molecule has 0 aromatic rings. The molecule has 0 saturated carbocycles. The monoisotopic (exact) mass is 408 g/mol. The Kier molecular flexibility index (Phi) is 24.3. The highest BCUT2D eigenvalue weighted by Gasteiger charge is 2.04. The Hall–Kier alpha value is 0. The molecule has 0 aromatic heterocycles. The van der Waals surface area contributed by atoms with Gasteiger partial charge in [-0.1, -0.05) is 175 Å². The molecule has 29 heavy (non-hydrogen) atoms. The van der Waals surface area contributed by atoms with Crippen LogP contribution in [0.15, 0.2) is 0 Å². The summed E-state index contributed by atoms with van der Waals surface area (Å²) in [5, 5.41) is 0. The van der Waals surface area contributed by atoms with E-state index in [0.717, 1.165) is 11.8 Å². The molecule has 0 heteroatoms. The van der Waals surface area contributed by atoms with Crippen molar-refractivity contribution < 1.29 is 0 Å². The topological polar surface area (TPSA) is 0 Å². The number of unbranched alkanes of at least 4 members (excludes halogenated alkanes) is 16. The predicted molar refractivity (Wildman–Crippen MR) is 136 cm³/mol. The van der Waals surface area contributed by atoms with Crippen LogP contribution in [0.4, 0.5) is 0 Å². The molecule has 0 N–H and O–H groups in total. The Balaban J connectivity index is 3.26. The van der Waals surface area contributed by atoms with Gasteiger partial charge in [-0.05, 0) is 11.8 Å². The lowest BCUT2D eigenvalue weighted by Crippen LogP contribution is -1.97. The second kappa shape index (κ2) is 24.3. The minimum Gasteiger partial charge on any atom is -0.0654 e. The highest BCUT2D eigenvalue weighted by molar-refractivity contribution is 4.58. The molecule has 0 nitrogen and oxygen atoms in total. The standard InChI is InChI=1S/C29H60/c1-5-7-9-11-13-14-15-16-18-21-25-29(4)27-23-19-22-26-28(3)24-20-17-12-10-8-6-2/h28-29H,5-27H2,1-4H3. The van der Waals surface area contributed by atoms with Gasteiger partial charge in [-0.3, -0.25) is 0 Å². The van der Waals surface area contributed by atoms with E-state index in [9.17, 15) is 0 Å². The normalized spacial score (nSPS) is 13.7. The van der Waals surface area contributed by atoms with Crippen molar-refractivity contribution in [3.63, 3.8) is 0 Å². The first kappa shape index (κ1) is 29.0. The Labute approximate surface area is 187 Å². The summed E-state index contributed by atoms with van der Waals surface area (Å²) in [6, 6.07) is 0. The van der Waals surface area contributed by atoms with Crippen molar-refractivity contribution in [1.82, 2.24) is 0 Å². The summed E-state index contributed by atoms with van der Waals surface area (Å²) in [5.74, 6) is 1.93. The molecule has 2 atom stereocenters. The van der Waals surface area contributed by atoms with E-state index >= 15 is 0 Å². The lowest BCUT2D eigenvalue weighted by molar-refractivity contribution is 0.407. The van der Waals surface area contributed by atoms with Gasteiger partial charge in [0.1, 0.15) is 0 Å². The first-order valence-electron chi connectivity index (χ1n) is 14.2. The van der Waals surface area contributed by atoms with Crippen LogP contribution in [-0.4, -0.2) is 0 Å². The van der Waals surface area contributed by atoms with Gasteiger partial charge in [-0.25, -0.2) is 0 Å². The average molecular weight is 409 g/mol. The second-order valence-corrected chi connectivity index (χ2v) is 10.4. The van der Waals surface area contributed by atoms with Crippen molar-refractivity contribution >= 4 is 0 Å². The summed E-state index contributed by atoms with van der Waals surface area (Å²) < 4.78 is 0. The molecular weight excluding hydrogens is 348 g/mol. The summed E-state index contributed by atoms with van der Waals surface area (Å²) in [6.45, 7) is 9.59. The maximum absolute atomic E-state index is 2.49. The van der Waals surface area contributed by atoms with Crippen molar-refractivity contribution in [3.8, 4) is 0 Å². The Morgan fingerprint density at radius 1 is 0.310 bits per heavy atom. The van der Waals surface area contributed by atoms with Gasteiger partial charge >= 0.3 is 0 Å². The van der Waals surface area contributed by atoms with E-state index in [1.165, 1.54) is 148 Å². The van der Waals surface area contributed by atoms with Crippen LogP contribution < -0.4 is 0 Å². The van der Waals surface area contributed by atoms with Gasteiger partial charge in [-0.2, -0.15) is 0 Å². The lowest BCUT2D eigenvalue weighted by Gasteiger charge is -2.13. The summed E-state index contributed by atoms with van der Waals surface area (Å²) in [6.07, 6.45) is 33.6. The van der Waals surface area contributed by atoms with Crippen molar-refractivity contribution in [3.05, 3.63) is 0 Å². The molecule has 0 saturated heterocycles. The molecule has 0 spiro atoms. The molecule has 0 heterocycles. The Bertz CT molecular complexity index is 282. The highest BCUT2D eigenvalue weighted by Crippen LogP contribution is 2.21. The Morgan fingerprint density at radius 2 is 0.517 bits per heavy atom. The maximum atomic E-state index is 2.49. The van der Waals surface area contributed by atoms with E-state index in [1.54, 1.807) is 0 Å². The molecule has 0 bridgehead atoms. The minimum absolute atomic E-state index is 0.963. The van der Waals surface area contributed by atoms with Crippen molar-refractivity contribution in [2.24, 2.45) is 11.8 Å². The van der Waals surface area contributed by atoms with Crippen molar-refractivity contribution in [1.29, 1.82) is 0 Å². The smallest absolute Gasteiger partial charge is 0.0443 e. The largest absolute Gasteiger partial charge is 0.0654 e. The molecule has 0 radical (unpaired) electrons. The fraction of sp³-hybridized carbons (Fsp3) is 1.00. The molecule has 0 aliphatic rings. The van der Waals surface area contributed by atoms with Crippen molar-refractivity contribution in [2.75, 3.05) is 0 Å². The molecule has 0 aliphatic carbocycles. The SMILES string of the molecule is CCCCCCCCCCCCC(C)CCCCCC(C)CCCCCCCC. The van der Waals surface area contributed by atoms with Gasteiger partial charge in [0.25, 0.3) is 0 Å². The van der Waals surface area contributed by atoms with Crippen LogP contribution in [0.5, 0.6) is 0 Å². The van der Waals surface area contributed by atoms with Crippen LogP contribution in [0.25, 0.3) is 0 Å². The predicted octanol–water partition coefficient (Wildman–Crippen LogP) is 11.3. The van der Waals surface area contributed by atoms with Gasteiger partial charge < -0.3 is 0 Å². The zero-order valence-corrected chi connectivity index (χ0v) is 21.4. The number of hydrogen-bond acceptors (Lipinski definition) is 0. The van der Waals surface area contributed by atoms with Gasteiger partial charge in [0.05, 0.1) is 0 Å². The van der Waals surface area contributed by atoms with Crippen LogP contribution >= 0.6 is 0 Å². The fourth-order valence-electron chi connectivity index (χ4n) is 4.70. The van der Waals surface area contributed by atoms with Gasteiger partial charge in [0, 0.05) is 0 Å². The van der Waals surface area contributed by atoms with Gasteiger partial charge in [0.15, 0.2) is 0 Å². The maximum Gasteiger partial charge on any atom is -0.0443 e. The lowest BCUT2D eigenvalue weighted by atomic mass is 9.93. The quantitative estimate of drug-likeness (QED) is 0.139. The molecule has 176 valence electrons. The fourth-order valence-corrected chi connectivity index (χ4v) is 4.70. The number of rotatable bonds is 24. The first-order valence-corrected chi connectivity index (χ1v) is 14.2. The van der Waals surface area contributed by atoms with Gasteiger partial charge in [0.2, 0.25) is 0 Å². The third-order valence-electron chi connectivity index (χ3n) is 6.99. The summed E-state index contributed by atoms with van der Waals surface area (Å²) in [4.78, 5) is 0. The first-order chi connectivity index (χ1) is 14.2. The zero-order chi connectivity index (χ0) is 21.4. The summed E-state index contributed by atoms with van der Waals surface area (Å²) in [5.41, 5.74) is 0. The van der Waals surface area contributed by atoms with Crippen LogP contribution in [0, 0.1) is 11.8 Å². The molecule has 0 aliphatic heterocycles. The van der Waals surface area contributed by atoms with E-state index in [0.29, 0.717) is 0 Å². The van der Waals surface area contributed by atoms with Crippen LogP contribution in [0.2, 0.25) is 0 Å². The van der Waals surface area contributed by atoms with E-state index in [4.69, 9.17) is 0 Å². The van der Waals surface area contributed by atoms with E-state index < -0.39 is 0 Å². The zero-order valence-electron chi connectivity index (χ0n) is 21.4. The van der Waals surface area contributed by atoms with E-state index in [1.807, 2.05) is 0 Å². The third kappa shape index (κ3) is 24.1. The highest BCUT2D eigenvalue weighted by atomic mass is 14.1. The molecule has 2 unspecified atom stereocenters. The average Bonchev–Trinajstić information content (AvgIpc) is 2.71. The van der Waals surface area contributed by atoms with Crippen LogP contribution in [0.1, 0.15) is 175 Å².